The molecular formula is C29H30F3N3O5S. The summed E-state index contributed by atoms with van der Waals surface area (Å²) in [4.78, 5) is 39.8. The van der Waals surface area contributed by atoms with Crippen molar-refractivity contribution in [1.82, 2.24) is 9.88 Å². The van der Waals surface area contributed by atoms with Crippen molar-refractivity contribution in [2.24, 2.45) is 0 Å². The van der Waals surface area contributed by atoms with Gasteiger partial charge in [-0.2, -0.15) is 13.2 Å². The van der Waals surface area contributed by atoms with Crippen molar-refractivity contribution in [2.45, 2.75) is 51.0 Å². The molecule has 0 saturated carbocycles. The van der Waals surface area contributed by atoms with Gasteiger partial charge in [0.05, 0.1) is 0 Å². The molecule has 12 heteroatoms. The summed E-state index contributed by atoms with van der Waals surface area (Å²) >= 11 is 1.32. The molecule has 2 N–H and O–H groups in total. The Kier molecular flexibility index (Phi) is 10.4. The average molecular weight is 590 g/mol. The number of carbonyl (C=O) groups excluding carboxylic acids is 1. The number of para-hydroxylation sites is 1. The first kappa shape index (κ1) is 31.5. The van der Waals surface area contributed by atoms with Crippen LogP contribution >= 0.6 is 11.3 Å². The van der Waals surface area contributed by atoms with Crippen molar-refractivity contribution in [3.8, 4) is 0 Å². The number of thiazole rings is 1. The molecule has 1 amide bonds. The third-order valence-corrected chi connectivity index (χ3v) is 7.72. The Bertz CT molecular complexity index is 1350. The van der Waals surface area contributed by atoms with Gasteiger partial charge in [0, 0.05) is 48.0 Å². The van der Waals surface area contributed by atoms with E-state index in [1.807, 2.05) is 49.6 Å². The van der Waals surface area contributed by atoms with Crippen LogP contribution in [0.2, 0.25) is 0 Å². The van der Waals surface area contributed by atoms with E-state index in [9.17, 15) is 27.6 Å². The van der Waals surface area contributed by atoms with Gasteiger partial charge in [-0.1, -0.05) is 48.5 Å². The van der Waals surface area contributed by atoms with E-state index in [2.05, 4.69) is 9.88 Å². The number of amides is 1. The number of rotatable bonds is 7. The number of benzene rings is 2. The predicted molar refractivity (Wildman–Crippen MR) is 148 cm³/mol. The summed E-state index contributed by atoms with van der Waals surface area (Å²) in [6.45, 7) is 5.08. The van der Waals surface area contributed by atoms with Crippen LogP contribution in [-0.4, -0.2) is 56.7 Å². The summed E-state index contributed by atoms with van der Waals surface area (Å²) in [7, 11) is 0. The van der Waals surface area contributed by atoms with E-state index >= 15 is 0 Å². The Hall–Kier alpha value is -4.03. The van der Waals surface area contributed by atoms with E-state index in [-0.39, 0.29) is 11.7 Å². The van der Waals surface area contributed by atoms with Gasteiger partial charge in [0.15, 0.2) is 0 Å². The van der Waals surface area contributed by atoms with Gasteiger partial charge in [-0.25, -0.2) is 14.6 Å². The molecule has 1 aliphatic rings. The molecule has 8 nitrogen and oxygen atoms in total. The monoisotopic (exact) mass is 589 g/mol. The number of carbonyl (C=O) groups is 3. The number of hydrogen-bond donors (Lipinski definition) is 2. The predicted octanol–water partition coefficient (Wildman–Crippen LogP) is 5.64. The normalized spacial score (nSPS) is 19.3. The topological polar surface area (TPSA) is 111 Å². The van der Waals surface area contributed by atoms with Crippen LogP contribution in [0.5, 0.6) is 0 Å². The highest BCUT2D eigenvalue weighted by atomic mass is 32.1. The van der Waals surface area contributed by atoms with Gasteiger partial charge < -0.3 is 10.2 Å². The van der Waals surface area contributed by atoms with Crippen molar-refractivity contribution in [3.05, 3.63) is 94.5 Å². The molecule has 2 atom stereocenters. The number of aliphatic carboxylic acids is 2. The van der Waals surface area contributed by atoms with E-state index in [0.29, 0.717) is 43.1 Å². The zero-order valence-electron chi connectivity index (χ0n) is 22.4. The second-order valence-corrected chi connectivity index (χ2v) is 10.4. The standard InChI is InChI=1S/C25H26F3N3OS.C4H4O4/c1-18-17-33-22(29-18)24(31(23(32)25(26,27)28)21-11-7-4-8-12-21)13-14-30(19(2)15-24)16-20-9-5-3-6-10-20;5-3(6)1-2-4(7)8/h3-12,17,19H,13-16H2,1-2H3;1-2H,(H,5,6)(H,7,8)/b;2-1+. The van der Waals surface area contributed by atoms with Crippen molar-refractivity contribution in [3.63, 3.8) is 0 Å². The molecule has 1 aromatic heterocycles. The van der Waals surface area contributed by atoms with Crippen LogP contribution in [0.25, 0.3) is 0 Å². The number of halogens is 3. The number of likely N-dealkylation sites (tertiary alicyclic amines) is 1. The van der Waals surface area contributed by atoms with Crippen LogP contribution in [-0.2, 0) is 26.5 Å². The number of alkyl halides is 3. The van der Waals surface area contributed by atoms with E-state index in [1.54, 1.807) is 30.3 Å². The Morgan fingerprint density at radius 2 is 1.61 bits per heavy atom. The second kappa shape index (κ2) is 13.6. The number of aryl methyl sites for hydroxylation is 1. The fraction of sp³-hybridized carbons (Fsp3) is 0.310. The van der Waals surface area contributed by atoms with Gasteiger partial charge in [0.25, 0.3) is 0 Å². The van der Waals surface area contributed by atoms with Gasteiger partial charge in [-0.3, -0.25) is 14.6 Å². The van der Waals surface area contributed by atoms with Crippen molar-refractivity contribution in [1.29, 1.82) is 0 Å². The van der Waals surface area contributed by atoms with E-state index in [4.69, 9.17) is 10.2 Å². The van der Waals surface area contributed by atoms with E-state index in [1.165, 1.54) is 11.3 Å². The van der Waals surface area contributed by atoms with Gasteiger partial charge in [0.2, 0.25) is 0 Å². The number of carboxylic acid groups (broad SMARTS) is 2. The molecule has 218 valence electrons. The molecule has 0 spiro atoms. The minimum absolute atomic E-state index is 0.0598. The largest absolute Gasteiger partial charge is 0.478 e. The maximum atomic E-state index is 13.9. The number of aromatic nitrogens is 1. The zero-order chi connectivity index (χ0) is 30.2. The third kappa shape index (κ3) is 8.24. The van der Waals surface area contributed by atoms with Gasteiger partial charge in [-0.15, -0.1) is 11.3 Å². The fourth-order valence-electron chi connectivity index (χ4n) is 4.79. The summed E-state index contributed by atoms with van der Waals surface area (Å²) in [5.41, 5.74) is 0.935. The van der Waals surface area contributed by atoms with Crippen molar-refractivity contribution < 1.29 is 37.8 Å². The summed E-state index contributed by atoms with van der Waals surface area (Å²) in [5, 5.41) is 18.0. The van der Waals surface area contributed by atoms with E-state index < -0.39 is 29.6 Å². The molecule has 0 bridgehead atoms. The van der Waals surface area contributed by atoms with Gasteiger partial charge >= 0.3 is 24.0 Å². The molecule has 0 aliphatic carbocycles. The number of carboxylic acids is 2. The number of hydrogen-bond acceptors (Lipinski definition) is 6. The summed E-state index contributed by atoms with van der Waals surface area (Å²) in [6.07, 6.45) is -3.18. The quantitative estimate of drug-likeness (QED) is 0.343. The van der Waals surface area contributed by atoms with Crippen LogP contribution in [0.1, 0.15) is 36.0 Å². The first-order chi connectivity index (χ1) is 19.3. The molecule has 2 unspecified atom stereocenters. The summed E-state index contributed by atoms with van der Waals surface area (Å²) in [5.74, 6) is -4.37. The molecule has 2 heterocycles. The number of anilines is 1. The highest BCUT2D eigenvalue weighted by Gasteiger charge is 2.54. The molecule has 1 fully saturated rings. The Balaban J connectivity index is 0.000000507. The first-order valence-electron chi connectivity index (χ1n) is 12.6. The zero-order valence-corrected chi connectivity index (χ0v) is 23.2. The molecule has 4 rings (SSSR count). The summed E-state index contributed by atoms with van der Waals surface area (Å²) in [6, 6.07) is 18.1. The lowest BCUT2D eigenvalue weighted by atomic mass is 9.81. The maximum Gasteiger partial charge on any atom is 0.471 e. The third-order valence-electron chi connectivity index (χ3n) is 6.57. The summed E-state index contributed by atoms with van der Waals surface area (Å²) < 4.78 is 41.6. The number of piperidine rings is 1. The van der Waals surface area contributed by atoms with E-state index in [0.717, 1.165) is 16.2 Å². The minimum atomic E-state index is -5.00. The smallest absolute Gasteiger partial charge is 0.471 e. The lowest BCUT2D eigenvalue weighted by Crippen LogP contribution is -2.60. The van der Waals surface area contributed by atoms with Crippen LogP contribution in [0.15, 0.2) is 78.2 Å². The lowest BCUT2D eigenvalue weighted by molar-refractivity contribution is -0.172. The van der Waals surface area contributed by atoms with Crippen LogP contribution in [0, 0.1) is 6.92 Å². The maximum absolute atomic E-state index is 13.9. The molecule has 3 aromatic rings. The molecule has 0 radical (unpaired) electrons. The SMILES string of the molecule is Cc1csc(C2(N(C(=O)C(F)(F)F)c3ccccc3)CCN(Cc3ccccc3)C(C)C2)n1.O=C(O)/C=C/C(=O)O. The highest BCUT2D eigenvalue weighted by molar-refractivity contribution is 7.09. The molecule has 41 heavy (non-hydrogen) atoms. The first-order valence-corrected chi connectivity index (χ1v) is 13.5. The Morgan fingerprint density at radius 3 is 2.07 bits per heavy atom. The van der Waals surface area contributed by atoms with Gasteiger partial charge in [-0.05, 0) is 44.4 Å². The fourth-order valence-corrected chi connectivity index (χ4v) is 5.82. The van der Waals surface area contributed by atoms with Crippen LogP contribution in [0.3, 0.4) is 0 Å². The molecular weight excluding hydrogens is 559 g/mol. The van der Waals surface area contributed by atoms with Crippen molar-refractivity contribution >= 4 is 34.9 Å². The second-order valence-electron chi connectivity index (χ2n) is 9.57. The Morgan fingerprint density at radius 1 is 1.05 bits per heavy atom. The minimum Gasteiger partial charge on any atom is -0.478 e. The van der Waals surface area contributed by atoms with Crippen LogP contribution < -0.4 is 4.90 Å². The number of nitrogens with zero attached hydrogens (tertiary/aromatic N) is 3. The molecule has 1 aliphatic heterocycles. The lowest BCUT2D eigenvalue weighted by Gasteiger charge is -2.50. The molecule has 2 aromatic carbocycles. The molecule has 1 saturated heterocycles. The van der Waals surface area contributed by atoms with Gasteiger partial charge in [0.1, 0.15) is 10.5 Å². The Labute approximate surface area is 239 Å². The average Bonchev–Trinajstić information content (AvgIpc) is 3.37. The highest BCUT2D eigenvalue weighted by Crippen LogP contribution is 2.46. The van der Waals surface area contributed by atoms with Crippen molar-refractivity contribution in [2.75, 3.05) is 11.4 Å². The van der Waals surface area contributed by atoms with Crippen LogP contribution in [0.4, 0.5) is 18.9 Å².